The van der Waals surface area contributed by atoms with Gasteiger partial charge >= 0.3 is 0 Å². The van der Waals surface area contributed by atoms with Crippen LogP contribution >= 0.6 is 15.9 Å². The summed E-state index contributed by atoms with van der Waals surface area (Å²) in [6, 6.07) is 9.02. The van der Waals surface area contributed by atoms with Gasteiger partial charge in [0.15, 0.2) is 11.4 Å². The van der Waals surface area contributed by atoms with Crippen molar-refractivity contribution in [3.63, 3.8) is 0 Å². The second kappa shape index (κ2) is 14.1. The third kappa shape index (κ3) is 11.1. The van der Waals surface area contributed by atoms with Gasteiger partial charge in [0.05, 0.1) is 4.47 Å². The molecule has 0 atom stereocenters. The van der Waals surface area contributed by atoms with Gasteiger partial charge in [0.1, 0.15) is 25.6 Å². The van der Waals surface area contributed by atoms with Gasteiger partial charge in [0.2, 0.25) is 0 Å². The van der Waals surface area contributed by atoms with Crippen LogP contribution < -0.4 is 11.1 Å². The molecule has 0 spiro atoms. The van der Waals surface area contributed by atoms with E-state index in [2.05, 4.69) is 65.4 Å². The maximum absolute atomic E-state index is 12.2. The largest absolute Gasteiger partial charge is 0.359 e. The highest BCUT2D eigenvalue weighted by Crippen LogP contribution is 2.38. The minimum Gasteiger partial charge on any atom is -0.359 e. The number of hydrogen-bond donors (Lipinski definition) is 0. The summed E-state index contributed by atoms with van der Waals surface area (Å²) in [6.07, 6.45) is 2.06. The summed E-state index contributed by atoms with van der Waals surface area (Å²) in [5.74, 6) is 0.311. The Bertz CT molecular complexity index is 1300. The first kappa shape index (κ1) is 31.8. The third-order valence-electron chi connectivity index (χ3n) is 5.60. The van der Waals surface area contributed by atoms with Gasteiger partial charge in [0, 0.05) is 34.9 Å². The Morgan fingerprint density at radius 1 is 0.868 bits per heavy atom. The summed E-state index contributed by atoms with van der Waals surface area (Å²) < 4.78 is 13.8. The molecule has 2 aromatic rings. The Morgan fingerprint density at radius 2 is 1.32 bits per heavy atom. The van der Waals surface area contributed by atoms with Gasteiger partial charge in [-0.1, -0.05) is 39.3 Å². The van der Waals surface area contributed by atoms with Crippen LogP contribution in [0.25, 0.3) is 0 Å². The number of halogens is 1. The molecule has 13 heteroatoms. The molecule has 0 radical (unpaired) electrons. The van der Waals surface area contributed by atoms with E-state index in [0.717, 1.165) is 29.6 Å². The standard InChI is InChI=1S/C14H21N3O2Si.C11H16BrN3O2Si/c1-20(2,3)7-6-19-10-17-14(18)13(11-4-5-11)8-12(9-15)16-17;1-18(2,3)5-4-17-8-15-11(16)10(12)6-9(7-13)14-15/h8,11H,4-7,10H2,1-3H3;6H,4-5,8H2,1-3H3. The van der Waals surface area contributed by atoms with Crippen molar-refractivity contribution < 1.29 is 9.47 Å². The summed E-state index contributed by atoms with van der Waals surface area (Å²) in [7, 11) is -2.26. The maximum atomic E-state index is 12.2. The molecule has 1 aliphatic carbocycles. The van der Waals surface area contributed by atoms with Crippen LogP contribution in [0.5, 0.6) is 0 Å². The second-order valence-electron chi connectivity index (χ2n) is 11.7. The van der Waals surface area contributed by atoms with Crippen molar-refractivity contribution in [2.75, 3.05) is 13.2 Å². The maximum Gasteiger partial charge on any atom is 0.283 e. The van der Waals surface area contributed by atoms with Crippen molar-refractivity contribution in [1.82, 2.24) is 19.6 Å². The number of ether oxygens (including phenoxy) is 2. The van der Waals surface area contributed by atoms with Crippen molar-refractivity contribution in [2.24, 2.45) is 0 Å². The Balaban J connectivity index is 0.000000269. The predicted octanol–water partition coefficient (Wildman–Crippen LogP) is 4.49. The topological polar surface area (TPSA) is 136 Å². The van der Waals surface area contributed by atoms with Crippen LogP contribution in [-0.2, 0) is 22.9 Å². The third-order valence-corrected chi connectivity index (χ3v) is 9.58. The van der Waals surface area contributed by atoms with Gasteiger partial charge in [-0.05, 0) is 58.9 Å². The van der Waals surface area contributed by atoms with Crippen LogP contribution in [0.4, 0.5) is 0 Å². The molecule has 2 aromatic heterocycles. The molecule has 0 bridgehead atoms. The summed E-state index contributed by atoms with van der Waals surface area (Å²) >= 11 is 3.11. The van der Waals surface area contributed by atoms with E-state index >= 15 is 0 Å². The van der Waals surface area contributed by atoms with Crippen LogP contribution in [0.15, 0.2) is 26.2 Å². The molecule has 0 unspecified atom stereocenters. The van der Waals surface area contributed by atoms with Gasteiger partial charge in [-0.3, -0.25) is 9.59 Å². The normalized spacial score (nSPS) is 13.3. The monoisotopic (exact) mass is 620 g/mol. The lowest BCUT2D eigenvalue weighted by molar-refractivity contribution is 0.0745. The lowest BCUT2D eigenvalue weighted by Crippen LogP contribution is -2.29. The average molecular weight is 622 g/mol. The molecule has 10 nitrogen and oxygen atoms in total. The fraction of sp³-hybridized carbons (Fsp3) is 0.600. The Kier molecular flexibility index (Phi) is 11.8. The van der Waals surface area contributed by atoms with Gasteiger partial charge in [-0.25, -0.2) is 9.36 Å². The van der Waals surface area contributed by atoms with Crippen molar-refractivity contribution in [3.8, 4) is 12.1 Å². The zero-order valence-electron chi connectivity index (χ0n) is 23.1. The summed E-state index contributed by atoms with van der Waals surface area (Å²) in [5, 5.41) is 25.7. The van der Waals surface area contributed by atoms with E-state index in [1.165, 1.54) is 10.7 Å². The minimum atomic E-state index is -1.13. The second-order valence-corrected chi connectivity index (χ2v) is 23.8. The van der Waals surface area contributed by atoms with Crippen molar-refractivity contribution in [1.29, 1.82) is 10.5 Å². The summed E-state index contributed by atoms with van der Waals surface area (Å²) in [4.78, 5) is 23.9. The highest BCUT2D eigenvalue weighted by molar-refractivity contribution is 9.10. The average Bonchev–Trinajstić information content (AvgIpc) is 3.67. The fourth-order valence-electron chi connectivity index (χ4n) is 3.10. The first-order valence-electron chi connectivity index (χ1n) is 12.6. The van der Waals surface area contributed by atoms with E-state index in [1.807, 2.05) is 12.1 Å². The Labute approximate surface area is 234 Å². The Hall–Kier alpha value is -2.43. The molecular weight excluding hydrogens is 584 g/mol. The quantitative estimate of drug-likeness (QED) is 0.265. The van der Waals surface area contributed by atoms with Gasteiger partial charge in [-0.2, -0.15) is 20.7 Å². The Morgan fingerprint density at radius 3 is 1.74 bits per heavy atom. The van der Waals surface area contributed by atoms with Crippen molar-refractivity contribution >= 4 is 32.1 Å². The van der Waals surface area contributed by atoms with Crippen LogP contribution in [-0.4, -0.2) is 48.9 Å². The first-order valence-corrected chi connectivity index (χ1v) is 20.8. The molecule has 0 N–H and O–H groups in total. The number of aromatic nitrogens is 4. The lowest BCUT2D eigenvalue weighted by Gasteiger charge is -2.15. The van der Waals surface area contributed by atoms with Crippen molar-refractivity contribution in [3.05, 3.63) is 54.3 Å². The number of hydrogen-bond acceptors (Lipinski definition) is 8. The molecule has 1 aliphatic rings. The predicted molar refractivity (Wildman–Crippen MR) is 154 cm³/mol. The van der Waals surface area contributed by atoms with Crippen LogP contribution in [0.2, 0.25) is 51.4 Å². The van der Waals surface area contributed by atoms with E-state index in [4.69, 9.17) is 20.0 Å². The number of nitriles is 2. The van der Waals surface area contributed by atoms with Gasteiger partial charge in [-0.15, -0.1) is 0 Å². The molecule has 206 valence electrons. The van der Waals surface area contributed by atoms with Crippen LogP contribution in [0.3, 0.4) is 0 Å². The van der Waals surface area contributed by atoms with E-state index < -0.39 is 16.1 Å². The molecule has 1 fully saturated rings. The van der Waals surface area contributed by atoms with E-state index in [1.54, 1.807) is 6.07 Å². The molecule has 38 heavy (non-hydrogen) atoms. The molecule has 0 aromatic carbocycles. The number of rotatable bonds is 11. The molecule has 2 heterocycles. The zero-order chi connectivity index (χ0) is 28.5. The van der Waals surface area contributed by atoms with Crippen LogP contribution in [0.1, 0.15) is 35.7 Å². The molecule has 0 saturated heterocycles. The van der Waals surface area contributed by atoms with E-state index in [9.17, 15) is 9.59 Å². The minimum absolute atomic E-state index is 0.0808. The lowest BCUT2D eigenvalue weighted by atomic mass is 10.2. The SMILES string of the molecule is C[Si](C)(C)CCOCn1nc(C#N)cc(Br)c1=O.C[Si](C)(C)CCOCn1nc(C#N)cc(C2CC2)c1=O. The van der Waals surface area contributed by atoms with Crippen molar-refractivity contribution in [2.45, 2.75) is 83.6 Å². The van der Waals surface area contributed by atoms with E-state index in [0.29, 0.717) is 34.9 Å². The van der Waals surface area contributed by atoms with Gasteiger partial charge in [0.25, 0.3) is 11.1 Å². The molecular formula is C25H37BrN6O4Si2. The molecule has 3 rings (SSSR count). The molecule has 1 saturated carbocycles. The molecule has 0 amide bonds. The highest BCUT2D eigenvalue weighted by atomic mass is 79.9. The summed E-state index contributed by atoms with van der Waals surface area (Å²) in [6.45, 7) is 15.1. The highest BCUT2D eigenvalue weighted by Gasteiger charge is 2.28. The van der Waals surface area contributed by atoms with Crippen LogP contribution in [0, 0.1) is 22.7 Å². The smallest absolute Gasteiger partial charge is 0.283 e. The fourth-order valence-corrected chi connectivity index (χ4v) is 5.04. The van der Waals surface area contributed by atoms with E-state index in [-0.39, 0.29) is 30.3 Å². The summed E-state index contributed by atoms with van der Waals surface area (Å²) in [5.41, 5.74) is 0.794. The first-order chi connectivity index (χ1) is 17.7. The zero-order valence-corrected chi connectivity index (χ0v) is 26.7. The van der Waals surface area contributed by atoms with Gasteiger partial charge < -0.3 is 9.47 Å². The number of nitrogens with zero attached hydrogens (tertiary/aromatic N) is 6. The molecule has 0 aliphatic heterocycles.